The zero-order chi connectivity index (χ0) is 31.8. The molecule has 10 nitrogen and oxygen atoms in total. The number of nitrogens with one attached hydrogen (secondary N) is 2. The summed E-state index contributed by atoms with van der Waals surface area (Å²) >= 11 is 0. The van der Waals surface area contributed by atoms with Crippen molar-refractivity contribution in [1.82, 2.24) is 29.7 Å². The van der Waals surface area contributed by atoms with Gasteiger partial charge in [0.25, 0.3) is 11.1 Å². The third kappa shape index (κ3) is 7.73. The maximum atomic E-state index is 12.8. The second kappa shape index (κ2) is 13.0. The van der Waals surface area contributed by atoms with Gasteiger partial charge in [0.1, 0.15) is 0 Å². The number of aromatic nitrogens is 4. The zero-order valence-corrected chi connectivity index (χ0v) is 23.9. The molecular weight excluding hydrogens is 606 g/mol. The second-order valence-corrected chi connectivity index (χ2v) is 10.8. The fourth-order valence-corrected chi connectivity index (χ4v) is 4.97. The van der Waals surface area contributed by atoms with E-state index in [2.05, 4.69) is 29.7 Å². The average molecular weight is 641 g/mol. The number of hydrogen-bond acceptors (Lipinski definition) is 8. The van der Waals surface area contributed by atoms with E-state index in [0.717, 1.165) is 50.4 Å². The van der Waals surface area contributed by atoms with Crippen molar-refractivity contribution in [2.75, 3.05) is 76.3 Å². The van der Waals surface area contributed by atoms with E-state index in [9.17, 15) is 35.9 Å². The molecule has 4 aromatic rings. The lowest BCUT2D eigenvalue weighted by molar-refractivity contribution is -0.138. The Kier molecular flexibility index (Phi) is 9.77. The van der Waals surface area contributed by atoms with Crippen molar-refractivity contribution in [2.45, 2.75) is 19.8 Å². The standard InChI is InChI=1S/2C14H15F3N4O.CH4/c1-20-4-6-21(7-5-20)12-13(22)19-10-3-2-9(14(15,16)17)8-11(10)18-12;1-20-4-6-21(7-5-20)12-13(22)19-11-8-9(14(15,16)17)2-3-10(11)18-12;/h2*2-3,8H,4-7H2,1H3,(H,19,22);1H4. The molecule has 0 bridgehead atoms. The van der Waals surface area contributed by atoms with E-state index in [4.69, 9.17) is 0 Å². The number of hydrogen-bond donors (Lipinski definition) is 2. The van der Waals surface area contributed by atoms with E-state index >= 15 is 0 Å². The molecule has 0 radical (unpaired) electrons. The molecule has 2 aromatic carbocycles. The number of nitrogens with zero attached hydrogens (tertiary/aromatic N) is 6. The highest BCUT2D eigenvalue weighted by Gasteiger charge is 2.32. The Labute approximate surface area is 254 Å². The zero-order valence-electron chi connectivity index (χ0n) is 23.9. The number of likely N-dealkylation sites (N-methyl/N-ethyl adjacent to an activating group) is 2. The van der Waals surface area contributed by atoms with Gasteiger partial charge in [-0.1, -0.05) is 7.43 Å². The lowest BCUT2D eigenvalue weighted by Gasteiger charge is -2.32. The fourth-order valence-electron chi connectivity index (χ4n) is 4.97. The Morgan fingerprint density at radius 1 is 0.600 bits per heavy atom. The molecule has 244 valence electrons. The van der Waals surface area contributed by atoms with Crippen molar-refractivity contribution < 1.29 is 26.3 Å². The molecule has 0 saturated carbocycles. The lowest BCUT2D eigenvalue weighted by atomic mass is 10.2. The Hall–Kier alpha value is -4.18. The minimum absolute atomic E-state index is 0. The molecule has 2 aliphatic heterocycles. The Balaban J connectivity index is 0.000000200. The molecule has 2 fully saturated rings. The second-order valence-electron chi connectivity index (χ2n) is 10.8. The number of benzene rings is 2. The van der Waals surface area contributed by atoms with Crippen LogP contribution in [0, 0.1) is 0 Å². The third-order valence-corrected chi connectivity index (χ3v) is 7.61. The van der Waals surface area contributed by atoms with Gasteiger partial charge in [0.15, 0.2) is 11.6 Å². The Morgan fingerprint density at radius 2 is 1.02 bits per heavy atom. The van der Waals surface area contributed by atoms with E-state index in [1.165, 1.54) is 12.1 Å². The highest BCUT2D eigenvalue weighted by molar-refractivity contribution is 5.77. The van der Waals surface area contributed by atoms with Gasteiger partial charge in [-0.25, -0.2) is 9.97 Å². The van der Waals surface area contributed by atoms with E-state index in [-0.39, 0.29) is 35.7 Å². The van der Waals surface area contributed by atoms with Crippen LogP contribution in [0.25, 0.3) is 22.1 Å². The first-order valence-corrected chi connectivity index (χ1v) is 13.8. The molecule has 45 heavy (non-hydrogen) atoms. The van der Waals surface area contributed by atoms with Crippen LogP contribution in [0.15, 0.2) is 46.0 Å². The summed E-state index contributed by atoms with van der Waals surface area (Å²) in [4.78, 5) is 45.7. The molecule has 0 aliphatic carbocycles. The van der Waals surface area contributed by atoms with E-state index in [0.29, 0.717) is 37.2 Å². The molecule has 0 amide bonds. The van der Waals surface area contributed by atoms with Crippen LogP contribution >= 0.6 is 0 Å². The summed E-state index contributed by atoms with van der Waals surface area (Å²) in [7, 11) is 3.97. The van der Waals surface area contributed by atoms with Crippen molar-refractivity contribution >= 4 is 33.7 Å². The first kappa shape index (κ1) is 33.7. The highest BCUT2D eigenvalue weighted by Crippen LogP contribution is 2.31. The number of aromatic amines is 2. The van der Waals surface area contributed by atoms with Gasteiger partial charge in [-0.15, -0.1) is 0 Å². The monoisotopic (exact) mass is 640 g/mol. The van der Waals surface area contributed by atoms with Crippen LogP contribution in [0.4, 0.5) is 38.0 Å². The van der Waals surface area contributed by atoms with Crippen LogP contribution in [0.1, 0.15) is 18.6 Å². The topological polar surface area (TPSA) is 104 Å². The van der Waals surface area contributed by atoms with Crippen molar-refractivity contribution in [1.29, 1.82) is 0 Å². The van der Waals surface area contributed by atoms with Gasteiger partial charge in [0.2, 0.25) is 0 Å². The number of H-pyrrole nitrogens is 2. The molecule has 2 aliphatic rings. The number of piperazine rings is 2. The number of halogens is 6. The van der Waals surface area contributed by atoms with Gasteiger partial charge in [-0.05, 0) is 50.5 Å². The summed E-state index contributed by atoms with van der Waals surface area (Å²) in [5.41, 5.74) is -1.53. The minimum atomic E-state index is -4.44. The van der Waals surface area contributed by atoms with Crippen LogP contribution in [-0.2, 0) is 12.4 Å². The number of anilines is 2. The van der Waals surface area contributed by atoms with Gasteiger partial charge < -0.3 is 29.6 Å². The molecule has 16 heteroatoms. The summed E-state index contributed by atoms with van der Waals surface area (Å²) in [6.45, 7) is 5.76. The first-order valence-electron chi connectivity index (χ1n) is 13.8. The van der Waals surface area contributed by atoms with Crippen LogP contribution in [0.5, 0.6) is 0 Å². The maximum absolute atomic E-state index is 12.8. The first-order chi connectivity index (χ1) is 20.7. The Morgan fingerprint density at radius 3 is 1.51 bits per heavy atom. The van der Waals surface area contributed by atoms with Crippen molar-refractivity contribution in [3.63, 3.8) is 0 Å². The molecule has 2 saturated heterocycles. The number of fused-ring (bicyclic) bond motifs is 2. The fraction of sp³-hybridized carbons (Fsp3) is 0.448. The molecular formula is C29H34F6N8O2. The summed E-state index contributed by atoms with van der Waals surface area (Å²) < 4.78 is 76.4. The van der Waals surface area contributed by atoms with Crippen molar-refractivity contribution in [3.05, 3.63) is 68.2 Å². The van der Waals surface area contributed by atoms with Crippen molar-refractivity contribution in [3.8, 4) is 0 Å². The normalized spacial score (nSPS) is 16.8. The molecule has 4 heterocycles. The summed E-state index contributed by atoms with van der Waals surface area (Å²) in [5.74, 6) is 0.445. The Bertz CT molecular complexity index is 1750. The quantitative estimate of drug-likeness (QED) is 0.317. The van der Waals surface area contributed by atoms with Gasteiger partial charge in [0, 0.05) is 52.4 Å². The average Bonchev–Trinajstić information content (AvgIpc) is 2.96. The largest absolute Gasteiger partial charge is 0.416 e. The molecule has 2 N–H and O–H groups in total. The SMILES string of the molecule is C.CN1CCN(c2nc3cc(C(F)(F)F)ccc3[nH]c2=O)CC1.CN1CCN(c2nc3ccc(C(F)(F)F)cc3[nH]c2=O)CC1. The molecule has 0 unspecified atom stereocenters. The highest BCUT2D eigenvalue weighted by atomic mass is 19.4. The molecule has 0 spiro atoms. The summed E-state index contributed by atoms with van der Waals surface area (Å²) in [5, 5.41) is 0. The number of rotatable bonds is 2. The van der Waals surface area contributed by atoms with E-state index < -0.39 is 29.0 Å². The van der Waals surface area contributed by atoms with Crippen molar-refractivity contribution in [2.24, 2.45) is 0 Å². The molecule has 6 rings (SSSR count). The van der Waals surface area contributed by atoms with E-state index in [1.54, 1.807) is 4.90 Å². The summed E-state index contributed by atoms with van der Waals surface area (Å²) in [6.07, 6.45) is -8.87. The van der Waals surface area contributed by atoms with Gasteiger partial charge in [-0.2, -0.15) is 26.3 Å². The van der Waals surface area contributed by atoms with Gasteiger partial charge in [0.05, 0.1) is 33.2 Å². The molecule has 2 aromatic heterocycles. The van der Waals surface area contributed by atoms with Gasteiger partial charge in [-0.3, -0.25) is 9.59 Å². The lowest BCUT2D eigenvalue weighted by Crippen LogP contribution is -2.46. The van der Waals surface area contributed by atoms with Crippen LogP contribution in [0.3, 0.4) is 0 Å². The third-order valence-electron chi connectivity index (χ3n) is 7.61. The predicted octanol–water partition coefficient (Wildman–Crippen LogP) is 4.02. The van der Waals surface area contributed by atoms with Crippen LogP contribution < -0.4 is 20.9 Å². The van der Waals surface area contributed by atoms with Crippen LogP contribution in [0.2, 0.25) is 0 Å². The van der Waals surface area contributed by atoms with E-state index in [1.807, 2.05) is 19.0 Å². The summed E-state index contributed by atoms with van der Waals surface area (Å²) in [6, 6.07) is 6.31. The number of alkyl halides is 6. The van der Waals surface area contributed by atoms with Crippen LogP contribution in [-0.4, -0.2) is 96.2 Å². The molecule has 0 atom stereocenters. The van der Waals surface area contributed by atoms with Gasteiger partial charge >= 0.3 is 12.4 Å². The maximum Gasteiger partial charge on any atom is 0.416 e. The predicted molar refractivity (Wildman–Crippen MR) is 161 cm³/mol. The minimum Gasteiger partial charge on any atom is -0.349 e. The smallest absolute Gasteiger partial charge is 0.349 e.